The molecule has 1 aliphatic rings. The number of hydrogen-bond donors (Lipinski definition) is 2. The predicted octanol–water partition coefficient (Wildman–Crippen LogP) is -0.232. The molecule has 5 heteroatoms. The van der Waals surface area contributed by atoms with Crippen LogP contribution in [0.25, 0.3) is 0 Å². The van der Waals surface area contributed by atoms with E-state index in [1.165, 1.54) is 12.1 Å². The van der Waals surface area contributed by atoms with E-state index in [1.807, 2.05) is 0 Å². The van der Waals surface area contributed by atoms with Crippen LogP contribution in [-0.4, -0.2) is 36.3 Å². The van der Waals surface area contributed by atoms with Crippen molar-refractivity contribution in [2.24, 2.45) is 0 Å². The summed E-state index contributed by atoms with van der Waals surface area (Å²) in [4.78, 5) is 11.1. The van der Waals surface area contributed by atoms with E-state index < -0.39 is 12.0 Å². The van der Waals surface area contributed by atoms with Crippen LogP contribution in [0.1, 0.15) is 6.92 Å². The van der Waals surface area contributed by atoms with E-state index >= 15 is 0 Å². The highest BCUT2D eigenvalue weighted by molar-refractivity contribution is 5.79. The summed E-state index contributed by atoms with van der Waals surface area (Å²) in [7, 11) is 2.94. The Morgan fingerprint density at radius 2 is 2.33 bits per heavy atom. The molecule has 1 heterocycles. The summed E-state index contributed by atoms with van der Waals surface area (Å²) in [6.07, 6.45) is 0. The Labute approximate surface area is 70.6 Å². The third-order valence-corrected chi connectivity index (χ3v) is 1.86. The molecule has 68 valence electrons. The normalized spacial score (nSPS) is 23.2. The van der Waals surface area contributed by atoms with E-state index in [-0.39, 0.29) is 5.88 Å². The van der Waals surface area contributed by atoms with Gasteiger partial charge in [-0.1, -0.05) is 0 Å². The minimum Gasteiger partial charge on any atom is -0.494 e. The Hall–Kier alpha value is -1.23. The molecular formula is C7H12N2O3. The number of nitrogens with one attached hydrogen (secondary N) is 1. The van der Waals surface area contributed by atoms with Gasteiger partial charge in [-0.05, 0) is 6.92 Å². The Morgan fingerprint density at radius 3 is 2.67 bits per heavy atom. The zero-order valence-electron chi connectivity index (χ0n) is 7.29. The van der Waals surface area contributed by atoms with Crippen molar-refractivity contribution in [2.45, 2.75) is 13.0 Å². The van der Waals surface area contributed by atoms with Crippen molar-refractivity contribution in [1.29, 1.82) is 0 Å². The van der Waals surface area contributed by atoms with Crippen molar-refractivity contribution in [3.05, 3.63) is 11.5 Å². The molecule has 0 aliphatic carbocycles. The van der Waals surface area contributed by atoms with Gasteiger partial charge in [0.05, 0.1) is 7.11 Å². The van der Waals surface area contributed by atoms with E-state index in [0.717, 1.165) is 0 Å². The second-order valence-corrected chi connectivity index (χ2v) is 2.65. The molecule has 1 unspecified atom stereocenters. The molecule has 1 atom stereocenters. The van der Waals surface area contributed by atoms with Gasteiger partial charge in [0.25, 0.3) is 0 Å². The maximum atomic E-state index is 11.1. The lowest BCUT2D eigenvalue weighted by Gasteiger charge is -2.13. The van der Waals surface area contributed by atoms with E-state index in [0.29, 0.717) is 5.57 Å². The third-order valence-electron chi connectivity index (χ3n) is 1.86. The van der Waals surface area contributed by atoms with Crippen LogP contribution in [-0.2, 0) is 9.53 Å². The van der Waals surface area contributed by atoms with Crippen LogP contribution < -0.4 is 5.43 Å². The number of aliphatic hydroxyl groups is 1. The highest BCUT2D eigenvalue weighted by atomic mass is 16.5. The fourth-order valence-electron chi connectivity index (χ4n) is 1.09. The van der Waals surface area contributed by atoms with Crippen molar-refractivity contribution < 1.29 is 14.6 Å². The van der Waals surface area contributed by atoms with Crippen LogP contribution >= 0.6 is 0 Å². The SMILES string of the molecule is COC(=O)C1NN(C)C(O)=C1C. The molecule has 1 rings (SSSR count). The summed E-state index contributed by atoms with van der Waals surface area (Å²) in [5.41, 5.74) is 3.31. The Balaban J connectivity index is 2.80. The van der Waals surface area contributed by atoms with Gasteiger partial charge in [-0.15, -0.1) is 0 Å². The lowest BCUT2D eigenvalue weighted by molar-refractivity contribution is -0.142. The van der Waals surface area contributed by atoms with Crippen LogP contribution in [0.3, 0.4) is 0 Å². The highest BCUT2D eigenvalue weighted by Gasteiger charge is 2.32. The fourth-order valence-corrected chi connectivity index (χ4v) is 1.09. The van der Waals surface area contributed by atoms with Crippen molar-refractivity contribution in [2.75, 3.05) is 14.2 Å². The van der Waals surface area contributed by atoms with Gasteiger partial charge in [-0.2, -0.15) is 0 Å². The minimum absolute atomic E-state index is 0.0744. The van der Waals surface area contributed by atoms with Crippen LogP contribution in [0.5, 0.6) is 0 Å². The van der Waals surface area contributed by atoms with Crippen molar-refractivity contribution in [1.82, 2.24) is 10.4 Å². The van der Waals surface area contributed by atoms with Crippen molar-refractivity contribution >= 4 is 5.97 Å². The monoisotopic (exact) mass is 172 g/mol. The average molecular weight is 172 g/mol. The molecule has 0 radical (unpaired) electrons. The molecule has 2 N–H and O–H groups in total. The first-order valence-corrected chi connectivity index (χ1v) is 3.55. The average Bonchev–Trinajstić information content (AvgIpc) is 2.32. The van der Waals surface area contributed by atoms with Gasteiger partial charge in [0.15, 0.2) is 0 Å². The summed E-state index contributed by atoms with van der Waals surface area (Å²) in [6.45, 7) is 1.67. The molecule has 5 nitrogen and oxygen atoms in total. The van der Waals surface area contributed by atoms with Gasteiger partial charge in [0, 0.05) is 12.6 Å². The summed E-state index contributed by atoms with van der Waals surface area (Å²) in [5, 5.41) is 10.7. The molecule has 0 fully saturated rings. The molecule has 0 aromatic carbocycles. The van der Waals surface area contributed by atoms with E-state index in [2.05, 4.69) is 10.2 Å². The van der Waals surface area contributed by atoms with Gasteiger partial charge in [0.2, 0.25) is 5.88 Å². The first kappa shape index (κ1) is 8.86. The zero-order valence-corrected chi connectivity index (χ0v) is 7.29. The van der Waals surface area contributed by atoms with Gasteiger partial charge in [-0.25, -0.2) is 10.2 Å². The standard InChI is InChI=1S/C7H12N2O3/c1-4-5(7(11)12-3)8-9(2)6(4)10/h5,8,10H,1-3H3. The second kappa shape index (κ2) is 3.02. The number of carbonyl (C=O) groups excluding carboxylic acids is 1. The summed E-state index contributed by atoms with van der Waals surface area (Å²) < 4.78 is 4.53. The zero-order chi connectivity index (χ0) is 9.30. The number of hydrogen-bond acceptors (Lipinski definition) is 5. The topological polar surface area (TPSA) is 61.8 Å². The largest absolute Gasteiger partial charge is 0.494 e. The van der Waals surface area contributed by atoms with E-state index in [4.69, 9.17) is 0 Å². The lowest BCUT2D eigenvalue weighted by atomic mass is 10.1. The molecule has 0 bridgehead atoms. The number of ether oxygens (including phenoxy) is 1. The van der Waals surface area contributed by atoms with Crippen LogP contribution in [0, 0.1) is 0 Å². The van der Waals surface area contributed by atoms with Crippen LogP contribution in [0.2, 0.25) is 0 Å². The Kier molecular flexibility index (Phi) is 2.23. The maximum absolute atomic E-state index is 11.1. The highest BCUT2D eigenvalue weighted by Crippen LogP contribution is 2.16. The van der Waals surface area contributed by atoms with Gasteiger partial charge in [0.1, 0.15) is 6.04 Å². The first-order valence-electron chi connectivity index (χ1n) is 3.55. The van der Waals surface area contributed by atoms with Crippen molar-refractivity contribution in [3.8, 4) is 0 Å². The number of nitrogens with zero attached hydrogens (tertiary/aromatic N) is 1. The number of aliphatic hydroxyl groups excluding tert-OH is 1. The molecule has 0 saturated carbocycles. The third kappa shape index (κ3) is 1.23. The van der Waals surface area contributed by atoms with E-state index in [1.54, 1.807) is 14.0 Å². The molecule has 0 spiro atoms. The summed E-state index contributed by atoms with van der Waals surface area (Å²) in [6, 6.07) is -0.556. The molecular weight excluding hydrogens is 160 g/mol. The molecule has 1 aliphatic heterocycles. The lowest BCUT2D eigenvalue weighted by Crippen LogP contribution is -2.40. The summed E-state index contributed by atoms with van der Waals surface area (Å²) >= 11 is 0. The van der Waals surface area contributed by atoms with Gasteiger partial charge >= 0.3 is 5.97 Å². The molecule has 0 aromatic heterocycles. The number of hydrazine groups is 1. The van der Waals surface area contributed by atoms with Gasteiger partial charge in [-0.3, -0.25) is 5.01 Å². The van der Waals surface area contributed by atoms with Crippen molar-refractivity contribution in [3.63, 3.8) is 0 Å². The van der Waals surface area contributed by atoms with Crippen LogP contribution in [0.15, 0.2) is 11.5 Å². The smallest absolute Gasteiger partial charge is 0.329 e. The molecule has 0 amide bonds. The Morgan fingerprint density at radius 1 is 1.75 bits per heavy atom. The molecule has 0 saturated heterocycles. The first-order chi connectivity index (χ1) is 5.57. The number of rotatable bonds is 1. The van der Waals surface area contributed by atoms with Crippen LogP contribution in [0.4, 0.5) is 0 Å². The second-order valence-electron chi connectivity index (χ2n) is 2.65. The fraction of sp³-hybridized carbons (Fsp3) is 0.571. The van der Waals surface area contributed by atoms with Gasteiger partial charge < -0.3 is 9.84 Å². The minimum atomic E-state index is -0.556. The van der Waals surface area contributed by atoms with E-state index in [9.17, 15) is 9.90 Å². The predicted molar refractivity (Wildman–Crippen MR) is 42.0 cm³/mol. The number of carbonyl (C=O) groups is 1. The summed E-state index contributed by atoms with van der Waals surface area (Å²) in [5.74, 6) is -0.325. The number of esters is 1. The molecule has 12 heavy (non-hydrogen) atoms. The Bertz CT molecular complexity index is 237. The quantitative estimate of drug-likeness (QED) is 0.535. The number of methoxy groups -OCH3 is 1. The maximum Gasteiger partial charge on any atom is 0.329 e. The molecule has 0 aromatic rings.